The van der Waals surface area contributed by atoms with E-state index >= 15 is 0 Å². The van der Waals surface area contributed by atoms with Crippen molar-refractivity contribution >= 4 is 22.6 Å². The lowest BCUT2D eigenvalue weighted by atomic mass is 9.89. The number of halogens is 1. The maximum atomic E-state index is 14.2. The SMILES string of the molecule is CC(C)(C)[S@](=O)N[C@](C)(CC(=O)O)c1cc([N+](=O)[O-])ccc1F. The van der Waals surface area contributed by atoms with Gasteiger partial charge in [-0.25, -0.2) is 13.3 Å². The Labute approximate surface area is 135 Å². The van der Waals surface area contributed by atoms with Gasteiger partial charge in [0.1, 0.15) is 5.82 Å². The zero-order valence-corrected chi connectivity index (χ0v) is 14.1. The van der Waals surface area contributed by atoms with E-state index in [1.54, 1.807) is 20.8 Å². The standard InChI is InChI=1S/C14H19FN2O5S/c1-13(2,3)23(22)16-14(4,8-12(18)19)10-7-9(17(20)21)5-6-11(10)15/h5-7,16H,8H2,1-4H3,(H,18,19)/t14-,23+/m1/s1. The summed E-state index contributed by atoms with van der Waals surface area (Å²) in [5.74, 6) is -2.06. The molecule has 2 N–H and O–H groups in total. The third-order valence-corrected chi connectivity index (χ3v) is 4.88. The maximum absolute atomic E-state index is 14.2. The number of nitrogens with one attached hydrogen (secondary N) is 1. The second-order valence-corrected chi connectivity index (χ2v) is 8.27. The van der Waals surface area contributed by atoms with Crippen molar-refractivity contribution in [1.29, 1.82) is 0 Å². The normalized spacial score (nSPS) is 15.7. The minimum absolute atomic E-state index is 0.216. The third kappa shape index (κ3) is 4.80. The van der Waals surface area contributed by atoms with Crippen molar-refractivity contribution in [1.82, 2.24) is 4.72 Å². The fraction of sp³-hybridized carbons (Fsp3) is 0.500. The molecule has 0 aromatic heterocycles. The van der Waals surface area contributed by atoms with Crippen LogP contribution in [0.25, 0.3) is 0 Å². The second-order valence-electron chi connectivity index (χ2n) is 6.31. The fourth-order valence-corrected chi connectivity index (χ4v) is 2.79. The first-order valence-corrected chi connectivity index (χ1v) is 7.88. The van der Waals surface area contributed by atoms with Crippen LogP contribution in [0.5, 0.6) is 0 Å². The molecule has 0 saturated heterocycles. The molecule has 128 valence electrons. The summed E-state index contributed by atoms with van der Waals surface area (Å²) in [6, 6.07) is 2.85. The molecule has 0 aliphatic heterocycles. The number of hydrogen-bond acceptors (Lipinski definition) is 4. The molecule has 9 heteroatoms. The van der Waals surface area contributed by atoms with Gasteiger partial charge in [0, 0.05) is 17.7 Å². The predicted octanol–water partition coefficient (Wildman–Crippen LogP) is 2.48. The van der Waals surface area contributed by atoms with Crippen LogP contribution in [0.4, 0.5) is 10.1 Å². The summed E-state index contributed by atoms with van der Waals surface area (Å²) in [6.45, 7) is 6.36. The fourth-order valence-electron chi connectivity index (χ4n) is 1.90. The Morgan fingerprint density at radius 3 is 2.39 bits per heavy atom. The molecule has 1 aromatic carbocycles. The van der Waals surface area contributed by atoms with Crippen molar-refractivity contribution in [3.8, 4) is 0 Å². The molecule has 0 amide bonds. The van der Waals surface area contributed by atoms with E-state index in [2.05, 4.69) is 4.72 Å². The highest BCUT2D eigenvalue weighted by Crippen LogP contribution is 2.31. The van der Waals surface area contributed by atoms with Crippen molar-refractivity contribution in [3.05, 3.63) is 39.7 Å². The van der Waals surface area contributed by atoms with E-state index in [0.717, 1.165) is 18.2 Å². The first kappa shape index (κ1) is 19.2. The van der Waals surface area contributed by atoms with Gasteiger partial charge in [-0.3, -0.25) is 14.9 Å². The maximum Gasteiger partial charge on any atom is 0.305 e. The van der Waals surface area contributed by atoms with Crippen LogP contribution in [-0.4, -0.2) is 25.0 Å². The largest absolute Gasteiger partial charge is 0.481 e. The number of carboxylic acid groups (broad SMARTS) is 1. The molecule has 2 atom stereocenters. The highest BCUT2D eigenvalue weighted by Gasteiger charge is 2.37. The third-order valence-electron chi connectivity index (χ3n) is 3.13. The van der Waals surface area contributed by atoms with Crippen molar-refractivity contribution in [2.24, 2.45) is 0 Å². The van der Waals surface area contributed by atoms with Crippen LogP contribution in [0.2, 0.25) is 0 Å². The molecule has 1 rings (SSSR count). The number of non-ortho nitro benzene ring substituents is 1. The number of benzene rings is 1. The van der Waals surface area contributed by atoms with Crippen LogP contribution in [0.15, 0.2) is 18.2 Å². The summed E-state index contributed by atoms with van der Waals surface area (Å²) in [6.07, 6.45) is -0.590. The van der Waals surface area contributed by atoms with Gasteiger partial charge in [-0.05, 0) is 33.8 Å². The predicted molar refractivity (Wildman–Crippen MR) is 83.7 cm³/mol. The number of nitro groups is 1. The average Bonchev–Trinajstić information content (AvgIpc) is 2.36. The topological polar surface area (TPSA) is 110 Å². The monoisotopic (exact) mass is 346 g/mol. The molecular weight excluding hydrogens is 327 g/mol. The number of aliphatic carboxylic acids is 1. The number of rotatable bonds is 6. The number of carboxylic acids is 1. The van der Waals surface area contributed by atoms with Gasteiger partial charge in [0.05, 0.1) is 32.6 Å². The van der Waals surface area contributed by atoms with E-state index in [1.165, 1.54) is 6.92 Å². The van der Waals surface area contributed by atoms with Crippen LogP contribution >= 0.6 is 0 Å². The lowest BCUT2D eigenvalue weighted by molar-refractivity contribution is -0.385. The lowest BCUT2D eigenvalue weighted by Crippen LogP contribution is -2.47. The molecule has 0 saturated carbocycles. The van der Waals surface area contributed by atoms with E-state index in [-0.39, 0.29) is 11.3 Å². The van der Waals surface area contributed by atoms with Crippen molar-refractivity contribution in [2.45, 2.75) is 44.4 Å². The molecule has 0 fully saturated rings. The summed E-state index contributed by atoms with van der Waals surface area (Å²) >= 11 is 0. The molecule has 0 heterocycles. The first-order chi connectivity index (χ1) is 10.4. The van der Waals surface area contributed by atoms with Gasteiger partial charge in [-0.1, -0.05) is 0 Å². The molecule has 0 aliphatic rings. The van der Waals surface area contributed by atoms with Gasteiger partial charge in [-0.15, -0.1) is 0 Å². The summed E-state index contributed by atoms with van der Waals surface area (Å²) in [4.78, 5) is 21.3. The number of hydrogen-bond donors (Lipinski definition) is 2. The van der Waals surface area contributed by atoms with Crippen LogP contribution < -0.4 is 4.72 Å². The van der Waals surface area contributed by atoms with Gasteiger partial charge < -0.3 is 5.11 Å². The van der Waals surface area contributed by atoms with E-state index in [1.807, 2.05) is 0 Å². The van der Waals surface area contributed by atoms with Crippen LogP contribution in [-0.2, 0) is 21.3 Å². The Kier molecular flexibility index (Phi) is 5.60. The number of nitro benzene ring substituents is 1. The van der Waals surface area contributed by atoms with Crippen LogP contribution in [0.3, 0.4) is 0 Å². The smallest absolute Gasteiger partial charge is 0.305 e. The summed E-state index contributed by atoms with van der Waals surface area (Å²) in [5.41, 5.74) is -2.16. The molecule has 7 nitrogen and oxygen atoms in total. The molecule has 0 radical (unpaired) electrons. The van der Waals surface area contributed by atoms with E-state index < -0.39 is 44.4 Å². The molecule has 0 spiro atoms. The summed E-state index contributed by atoms with van der Waals surface area (Å²) < 4.78 is 28.4. The molecular formula is C14H19FN2O5S. The van der Waals surface area contributed by atoms with Crippen molar-refractivity contribution < 1.29 is 23.4 Å². The Bertz CT molecular complexity index is 659. The average molecular weight is 346 g/mol. The van der Waals surface area contributed by atoms with Gasteiger partial charge >= 0.3 is 5.97 Å². The number of carbonyl (C=O) groups is 1. The Balaban J connectivity index is 3.41. The number of nitrogens with zero attached hydrogens (tertiary/aromatic N) is 1. The van der Waals surface area contributed by atoms with Crippen LogP contribution in [0, 0.1) is 15.9 Å². The molecule has 0 unspecified atom stereocenters. The Morgan fingerprint density at radius 2 is 1.96 bits per heavy atom. The van der Waals surface area contributed by atoms with Gasteiger partial charge in [-0.2, -0.15) is 0 Å². The summed E-state index contributed by atoms with van der Waals surface area (Å²) in [7, 11) is -1.70. The second kappa shape index (κ2) is 6.71. The van der Waals surface area contributed by atoms with E-state index in [0.29, 0.717) is 0 Å². The Morgan fingerprint density at radius 1 is 1.39 bits per heavy atom. The van der Waals surface area contributed by atoms with E-state index in [9.17, 15) is 23.5 Å². The first-order valence-electron chi connectivity index (χ1n) is 6.73. The zero-order valence-electron chi connectivity index (χ0n) is 13.3. The zero-order chi connectivity index (χ0) is 18.0. The molecule has 1 aromatic rings. The van der Waals surface area contributed by atoms with Gasteiger partial charge in [0.25, 0.3) is 5.69 Å². The Hall–Kier alpha value is -1.87. The highest BCUT2D eigenvalue weighted by atomic mass is 32.2. The van der Waals surface area contributed by atoms with Crippen molar-refractivity contribution in [3.63, 3.8) is 0 Å². The van der Waals surface area contributed by atoms with Crippen LogP contribution in [0.1, 0.15) is 39.7 Å². The lowest BCUT2D eigenvalue weighted by Gasteiger charge is -2.32. The molecule has 23 heavy (non-hydrogen) atoms. The highest BCUT2D eigenvalue weighted by molar-refractivity contribution is 7.84. The van der Waals surface area contributed by atoms with Gasteiger partial charge in [0.15, 0.2) is 0 Å². The minimum Gasteiger partial charge on any atom is -0.481 e. The van der Waals surface area contributed by atoms with E-state index in [4.69, 9.17) is 5.11 Å². The molecule has 0 bridgehead atoms. The minimum atomic E-state index is -1.70. The van der Waals surface area contributed by atoms with Crippen molar-refractivity contribution in [2.75, 3.05) is 0 Å². The van der Waals surface area contributed by atoms with Gasteiger partial charge in [0.2, 0.25) is 0 Å². The molecule has 0 aliphatic carbocycles. The quantitative estimate of drug-likeness (QED) is 0.607. The summed E-state index contributed by atoms with van der Waals surface area (Å²) in [5, 5.41) is 20.0.